The zero-order chi connectivity index (χ0) is 20.0. The third-order valence-corrected chi connectivity index (χ3v) is 4.56. The third-order valence-electron chi connectivity index (χ3n) is 4.10. The first-order valence-electron chi connectivity index (χ1n) is 9.34. The second-order valence-electron chi connectivity index (χ2n) is 7.79. The van der Waals surface area contributed by atoms with E-state index in [4.69, 9.17) is 9.47 Å². The molecule has 1 amide bonds. The molecule has 1 aromatic carbocycles. The van der Waals surface area contributed by atoms with E-state index in [1.807, 2.05) is 32.9 Å². The minimum Gasteiger partial charge on any atom is -0.462 e. The van der Waals surface area contributed by atoms with Crippen LogP contribution in [0.15, 0.2) is 22.7 Å². The van der Waals surface area contributed by atoms with E-state index in [0.717, 1.165) is 36.0 Å². The highest BCUT2D eigenvalue weighted by molar-refractivity contribution is 9.10. The molecule has 2 rings (SSSR count). The molecule has 1 aliphatic rings. The van der Waals surface area contributed by atoms with E-state index in [-0.39, 0.29) is 18.1 Å². The van der Waals surface area contributed by atoms with Crippen LogP contribution in [0.3, 0.4) is 0 Å². The predicted molar refractivity (Wildman–Crippen MR) is 108 cm³/mol. The van der Waals surface area contributed by atoms with Gasteiger partial charge in [0.15, 0.2) is 0 Å². The van der Waals surface area contributed by atoms with Crippen LogP contribution in [-0.2, 0) is 16.0 Å². The fraction of sp³-hybridized carbons (Fsp3) is 0.600. The number of hydrogen-bond donors (Lipinski definition) is 1. The molecule has 0 spiro atoms. The zero-order valence-electron chi connectivity index (χ0n) is 16.5. The molecule has 7 heteroatoms. The van der Waals surface area contributed by atoms with Gasteiger partial charge in [0.1, 0.15) is 5.60 Å². The zero-order valence-corrected chi connectivity index (χ0v) is 18.1. The van der Waals surface area contributed by atoms with Gasteiger partial charge in [0, 0.05) is 23.6 Å². The summed E-state index contributed by atoms with van der Waals surface area (Å²) in [5.41, 5.74) is 1.07. The summed E-state index contributed by atoms with van der Waals surface area (Å²) in [7, 11) is 0. The number of hydrogen-bond acceptors (Lipinski definition) is 5. The van der Waals surface area contributed by atoms with Gasteiger partial charge >= 0.3 is 12.1 Å². The van der Waals surface area contributed by atoms with E-state index in [2.05, 4.69) is 26.1 Å². The SMILES string of the molecule is CCOC(=O)c1cc(Br)cc(CN2CCCC(NC(=O)OC(C)(C)C)C2)c1. The third kappa shape index (κ3) is 7.50. The molecule has 0 aliphatic carbocycles. The van der Waals surface area contributed by atoms with Crippen LogP contribution in [0.2, 0.25) is 0 Å². The summed E-state index contributed by atoms with van der Waals surface area (Å²) in [5.74, 6) is -0.317. The number of nitrogens with one attached hydrogen (secondary N) is 1. The Morgan fingerprint density at radius 1 is 1.30 bits per heavy atom. The molecule has 1 aliphatic heterocycles. The largest absolute Gasteiger partial charge is 0.462 e. The van der Waals surface area contributed by atoms with Crippen molar-refractivity contribution in [2.45, 2.75) is 58.7 Å². The van der Waals surface area contributed by atoms with Crippen LogP contribution < -0.4 is 5.32 Å². The molecule has 1 heterocycles. The van der Waals surface area contributed by atoms with Gasteiger partial charge in [-0.1, -0.05) is 15.9 Å². The molecule has 0 bridgehead atoms. The van der Waals surface area contributed by atoms with Crippen molar-refractivity contribution in [1.29, 1.82) is 0 Å². The number of piperidine rings is 1. The van der Waals surface area contributed by atoms with Gasteiger partial charge in [-0.25, -0.2) is 9.59 Å². The van der Waals surface area contributed by atoms with Crippen molar-refractivity contribution in [1.82, 2.24) is 10.2 Å². The second kappa shape index (κ2) is 9.55. The molecular weight excluding hydrogens is 412 g/mol. The quantitative estimate of drug-likeness (QED) is 0.697. The highest BCUT2D eigenvalue weighted by atomic mass is 79.9. The first-order valence-corrected chi connectivity index (χ1v) is 10.1. The average molecular weight is 441 g/mol. The van der Waals surface area contributed by atoms with Crippen molar-refractivity contribution in [3.8, 4) is 0 Å². The number of carbonyl (C=O) groups is 2. The molecule has 1 unspecified atom stereocenters. The van der Waals surface area contributed by atoms with Crippen LogP contribution >= 0.6 is 15.9 Å². The fourth-order valence-corrected chi connectivity index (χ4v) is 3.66. The van der Waals surface area contributed by atoms with Crippen LogP contribution in [0.4, 0.5) is 4.79 Å². The van der Waals surface area contributed by atoms with Crippen LogP contribution in [0.5, 0.6) is 0 Å². The maximum atomic E-state index is 12.0. The lowest BCUT2D eigenvalue weighted by Gasteiger charge is -2.33. The summed E-state index contributed by atoms with van der Waals surface area (Å²) in [6.07, 6.45) is 1.56. The lowest BCUT2D eigenvalue weighted by atomic mass is 10.0. The van der Waals surface area contributed by atoms with E-state index in [1.54, 1.807) is 13.0 Å². The molecule has 1 saturated heterocycles. The van der Waals surface area contributed by atoms with E-state index >= 15 is 0 Å². The molecule has 1 fully saturated rings. The van der Waals surface area contributed by atoms with E-state index in [0.29, 0.717) is 18.7 Å². The molecule has 6 nitrogen and oxygen atoms in total. The van der Waals surface area contributed by atoms with Crippen LogP contribution in [0.1, 0.15) is 56.5 Å². The van der Waals surface area contributed by atoms with Gasteiger partial charge in [-0.15, -0.1) is 0 Å². The topological polar surface area (TPSA) is 67.9 Å². The monoisotopic (exact) mass is 440 g/mol. The van der Waals surface area contributed by atoms with E-state index < -0.39 is 5.60 Å². The number of alkyl carbamates (subject to hydrolysis) is 1. The van der Waals surface area contributed by atoms with Gasteiger partial charge in [-0.05, 0) is 70.8 Å². The molecule has 1 atom stereocenters. The molecule has 1 aromatic rings. The maximum Gasteiger partial charge on any atom is 0.407 e. The smallest absolute Gasteiger partial charge is 0.407 e. The Bertz CT molecular complexity index is 672. The van der Waals surface area contributed by atoms with Gasteiger partial charge < -0.3 is 14.8 Å². The van der Waals surface area contributed by atoms with Crippen LogP contribution in [-0.4, -0.2) is 48.3 Å². The standard InChI is InChI=1S/C20H29BrN2O4/c1-5-26-18(24)15-9-14(10-16(21)11-15)12-23-8-6-7-17(13-23)22-19(25)27-20(2,3)4/h9-11,17H,5-8,12-13H2,1-4H3,(H,22,25). The minimum atomic E-state index is -0.502. The first kappa shape index (κ1) is 21.7. The number of likely N-dealkylation sites (tertiary alicyclic amines) is 1. The van der Waals surface area contributed by atoms with Crippen molar-refractivity contribution in [2.24, 2.45) is 0 Å². The van der Waals surface area contributed by atoms with Crippen molar-refractivity contribution in [3.63, 3.8) is 0 Å². The summed E-state index contributed by atoms with van der Waals surface area (Å²) < 4.78 is 11.3. The Labute approximate surface area is 169 Å². The minimum absolute atomic E-state index is 0.0604. The molecule has 0 saturated carbocycles. The number of rotatable bonds is 5. The average Bonchev–Trinajstić information content (AvgIpc) is 2.53. The Kier molecular flexibility index (Phi) is 7.68. The van der Waals surface area contributed by atoms with Crippen LogP contribution in [0, 0.1) is 0 Å². The summed E-state index contributed by atoms with van der Waals surface area (Å²) >= 11 is 3.47. The van der Waals surface area contributed by atoms with Crippen molar-refractivity contribution in [3.05, 3.63) is 33.8 Å². The molecule has 0 radical (unpaired) electrons. The van der Waals surface area contributed by atoms with Gasteiger partial charge in [0.05, 0.1) is 12.2 Å². The van der Waals surface area contributed by atoms with Gasteiger partial charge in [-0.3, -0.25) is 4.90 Å². The van der Waals surface area contributed by atoms with Crippen molar-refractivity contribution >= 4 is 28.0 Å². The van der Waals surface area contributed by atoms with E-state index in [1.165, 1.54) is 0 Å². The Balaban J connectivity index is 1.97. The number of halogens is 1. The summed E-state index contributed by atoms with van der Waals surface area (Å²) in [6, 6.07) is 5.71. The summed E-state index contributed by atoms with van der Waals surface area (Å²) in [5, 5.41) is 2.96. The lowest BCUT2D eigenvalue weighted by Crippen LogP contribution is -2.48. The normalized spacial score (nSPS) is 18.0. The van der Waals surface area contributed by atoms with Gasteiger partial charge in [0.2, 0.25) is 0 Å². The predicted octanol–water partition coefficient (Wildman–Crippen LogP) is 4.11. The molecule has 0 aromatic heterocycles. The first-order chi connectivity index (χ1) is 12.7. The number of amides is 1. The molecule has 27 heavy (non-hydrogen) atoms. The summed E-state index contributed by atoms with van der Waals surface area (Å²) in [6.45, 7) is 10.1. The lowest BCUT2D eigenvalue weighted by molar-refractivity contribution is 0.0467. The Morgan fingerprint density at radius 3 is 2.70 bits per heavy atom. The van der Waals surface area contributed by atoms with Crippen molar-refractivity contribution in [2.75, 3.05) is 19.7 Å². The molecular formula is C20H29BrN2O4. The van der Waals surface area contributed by atoms with Gasteiger partial charge in [-0.2, -0.15) is 0 Å². The molecule has 150 valence electrons. The summed E-state index contributed by atoms with van der Waals surface area (Å²) in [4.78, 5) is 26.3. The van der Waals surface area contributed by atoms with Crippen molar-refractivity contribution < 1.29 is 19.1 Å². The Morgan fingerprint density at radius 2 is 2.04 bits per heavy atom. The molecule has 1 N–H and O–H groups in total. The van der Waals surface area contributed by atoms with E-state index in [9.17, 15) is 9.59 Å². The number of benzene rings is 1. The number of carbonyl (C=O) groups excluding carboxylic acids is 2. The Hall–Kier alpha value is -1.60. The highest BCUT2D eigenvalue weighted by Crippen LogP contribution is 2.20. The number of nitrogens with zero attached hydrogens (tertiary/aromatic N) is 1. The second-order valence-corrected chi connectivity index (χ2v) is 8.70. The fourth-order valence-electron chi connectivity index (χ4n) is 3.12. The highest BCUT2D eigenvalue weighted by Gasteiger charge is 2.24. The number of esters is 1. The van der Waals surface area contributed by atoms with Crippen LogP contribution in [0.25, 0.3) is 0 Å². The maximum absolute atomic E-state index is 12.0. The van der Waals surface area contributed by atoms with Gasteiger partial charge in [0.25, 0.3) is 0 Å². The number of ether oxygens (including phenoxy) is 2.